The molecule has 1 heterocycles. The van der Waals surface area contributed by atoms with E-state index < -0.39 is 0 Å². The molecule has 0 unspecified atom stereocenters. The molecule has 1 aliphatic heterocycles. The summed E-state index contributed by atoms with van der Waals surface area (Å²) < 4.78 is 0. The van der Waals surface area contributed by atoms with E-state index >= 15 is 0 Å². The number of aliphatic hydroxyl groups is 1. The molecule has 1 aromatic carbocycles. The average molecular weight is 245 g/mol. The van der Waals surface area contributed by atoms with Gasteiger partial charge in [-0.05, 0) is 37.8 Å². The average Bonchev–Trinajstić information content (AvgIpc) is 2.39. The van der Waals surface area contributed by atoms with Crippen LogP contribution in [0.25, 0.3) is 0 Å². The second-order valence-corrected chi connectivity index (χ2v) is 5.96. The lowest BCUT2D eigenvalue weighted by atomic mass is 9.67. The highest BCUT2D eigenvalue weighted by Gasteiger charge is 2.45. The first kappa shape index (κ1) is 12.2. The first-order valence-electron chi connectivity index (χ1n) is 7.28. The van der Waals surface area contributed by atoms with E-state index in [1.807, 2.05) is 0 Å². The molecule has 3 atom stereocenters. The minimum absolute atomic E-state index is 0.386. The van der Waals surface area contributed by atoms with Gasteiger partial charge in [-0.2, -0.15) is 0 Å². The Morgan fingerprint density at radius 1 is 1.17 bits per heavy atom. The Balaban J connectivity index is 1.75. The van der Waals surface area contributed by atoms with Crippen LogP contribution in [0.4, 0.5) is 0 Å². The molecule has 18 heavy (non-hydrogen) atoms. The fourth-order valence-corrected chi connectivity index (χ4v) is 3.83. The smallest absolute Gasteiger partial charge is 0.0702 e. The molecular formula is C16H23NO. The lowest BCUT2D eigenvalue weighted by molar-refractivity contribution is -0.0850. The summed E-state index contributed by atoms with van der Waals surface area (Å²) in [6.07, 6.45) is 6.65. The lowest BCUT2D eigenvalue weighted by Gasteiger charge is -2.48. The summed E-state index contributed by atoms with van der Waals surface area (Å²) in [5.74, 6) is 0.445. The first-order chi connectivity index (χ1) is 8.78. The van der Waals surface area contributed by atoms with Crippen molar-refractivity contribution in [3.63, 3.8) is 0 Å². The molecule has 2 heteroatoms. The molecule has 1 saturated carbocycles. The van der Waals surface area contributed by atoms with Crippen molar-refractivity contribution in [3.05, 3.63) is 35.9 Å². The van der Waals surface area contributed by atoms with Gasteiger partial charge < -0.3 is 10.4 Å². The van der Waals surface area contributed by atoms with E-state index in [4.69, 9.17) is 0 Å². The summed E-state index contributed by atoms with van der Waals surface area (Å²) in [4.78, 5) is 0. The topological polar surface area (TPSA) is 32.3 Å². The highest BCUT2D eigenvalue weighted by molar-refractivity contribution is 5.17. The van der Waals surface area contributed by atoms with Gasteiger partial charge >= 0.3 is 0 Å². The minimum Gasteiger partial charge on any atom is -0.389 e. The molecule has 0 aromatic heterocycles. The first-order valence-corrected chi connectivity index (χ1v) is 7.28. The second-order valence-electron chi connectivity index (χ2n) is 5.96. The maximum absolute atomic E-state index is 10.8. The molecule has 0 bridgehead atoms. The predicted molar refractivity (Wildman–Crippen MR) is 73.5 cm³/mol. The molecule has 2 nitrogen and oxygen atoms in total. The van der Waals surface area contributed by atoms with Gasteiger partial charge in [0.25, 0.3) is 0 Å². The van der Waals surface area contributed by atoms with Crippen LogP contribution in [0.15, 0.2) is 30.3 Å². The molecular weight excluding hydrogens is 222 g/mol. The maximum atomic E-state index is 10.8. The monoisotopic (exact) mass is 245 g/mol. The van der Waals surface area contributed by atoms with Crippen LogP contribution in [0.3, 0.4) is 0 Å². The van der Waals surface area contributed by atoms with E-state index in [0.29, 0.717) is 12.0 Å². The predicted octanol–water partition coefficient (Wildman–Crippen LogP) is 2.51. The van der Waals surface area contributed by atoms with Crippen LogP contribution in [0.2, 0.25) is 0 Å². The van der Waals surface area contributed by atoms with Crippen molar-refractivity contribution >= 4 is 0 Å². The normalized spacial score (nSPS) is 36.1. The molecule has 0 amide bonds. The van der Waals surface area contributed by atoms with E-state index in [2.05, 4.69) is 35.6 Å². The van der Waals surface area contributed by atoms with Gasteiger partial charge in [-0.25, -0.2) is 0 Å². The summed E-state index contributed by atoms with van der Waals surface area (Å²) in [7, 11) is 0. The number of hydrogen-bond acceptors (Lipinski definition) is 2. The third kappa shape index (κ3) is 2.32. The fourth-order valence-electron chi connectivity index (χ4n) is 3.83. The minimum atomic E-state index is -0.386. The molecule has 2 N–H and O–H groups in total. The van der Waals surface area contributed by atoms with Crippen molar-refractivity contribution in [3.8, 4) is 0 Å². The zero-order valence-electron chi connectivity index (χ0n) is 10.9. The van der Waals surface area contributed by atoms with Crippen molar-refractivity contribution in [2.24, 2.45) is 5.92 Å². The Labute approximate surface area is 109 Å². The molecule has 98 valence electrons. The van der Waals surface area contributed by atoms with Crippen LogP contribution in [0, 0.1) is 5.92 Å². The second kappa shape index (κ2) is 5.02. The zero-order chi connectivity index (χ0) is 12.4. The van der Waals surface area contributed by atoms with Gasteiger partial charge in [0.2, 0.25) is 0 Å². The molecule has 2 fully saturated rings. The maximum Gasteiger partial charge on any atom is 0.0702 e. The van der Waals surface area contributed by atoms with Gasteiger partial charge in [-0.15, -0.1) is 0 Å². The van der Waals surface area contributed by atoms with E-state index in [1.165, 1.54) is 24.8 Å². The molecule has 3 rings (SSSR count). The van der Waals surface area contributed by atoms with Crippen molar-refractivity contribution in [2.45, 2.75) is 50.2 Å². The molecule has 0 radical (unpaired) electrons. The van der Waals surface area contributed by atoms with E-state index in [0.717, 1.165) is 25.8 Å². The Morgan fingerprint density at radius 2 is 2.00 bits per heavy atom. The highest BCUT2D eigenvalue weighted by atomic mass is 16.3. The zero-order valence-corrected chi connectivity index (χ0v) is 10.9. The summed E-state index contributed by atoms with van der Waals surface area (Å²) in [5.41, 5.74) is 0.994. The number of nitrogens with one attached hydrogen (secondary N) is 1. The number of benzene rings is 1. The Hall–Kier alpha value is -0.860. The van der Waals surface area contributed by atoms with E-state index in [1.54, 1.807) is 0 Å². The van der Waals surface area contributed by atoms with E-state index in [-0.39, 0.29) is 5.60 Å². The molecule has 2 aliphatic rings. The quantitative estimate of drug-likeness (QED) is 0.839. The molecule has 1 saturated heterocycles. The van der Waals surface area contributed by atoms with Crippen LogP contribution in [-0.2, 0) is 6.42 Å². The standard InChI is InChI=1S/C16H23NO/c18-16-9-5-4-8-14(16)15(17-11-10-16)12-13-6-2-1-3-7-13/h1-3,6-7,14-15,17-18H,4-5,8-12H2/t14-,15-,16+/m1/s1. The van der Waals surface area contributed by atoms with Crippen LogP contribution in [0.1, 0.15) is 37.7 Å². The van der Waals surface area contributed by atoms with Crippen molar-refractivity contribution in [2.75, 3.05) is 6.54 Å². The van der Waals surface area contributed by atoms with Crippen molar-refractivity contribution < 1.29 is 5.11 Å². The van der Waals surface area contributed by atoms with Crippen molar-refractivity contribution in [1.82, 2.24) is 5.32 Å². The Bertz CT molecular complexity index is 387. The largest absolute Gasteiger partial charge is 0.389 e. The number of hydrogen-bond donors (Lipinski definition) is 2. The SMILES string of the molecule is O[C@]12CCCC[C@@H]1[C@@H](Cc1ccccc1)NCC2. The third-order valence-corrected chi connectivity index (χ3v) is 4.81. The number of piperidine rings is 1. The number of fused-ring (bicyclic) bond motifs is 1. The van der Waals surface area contributed by atoms with Crippen LogP contribution in [-0.4, -0.2) is 23.3 Å². The molecule has 1 aliphatic carbocycles. The molecule has 1 aromatic rings. The Morgan fingerprint density at radius 3 is 2.83 bits per heavy atom. The summed E-state index contributed by atoms with van der Waals surface area (Å²) in [6, 6.07) is 11.1. The van der Waals surface area contributed by atoms with Gasteiger partial charge in [0.1, 0.15) is 0 Å². The van der Waals surface area contributed by atoms with Gasteiger partial charge in [0, 0.05) is 12.0 Å². The van der Waals surface area contributed by atoms with Crippen molar-refractivity contribution in [1.29, 1.82) is 0 Å². The third-order valence-electron chi connectivity index (χ3n) is 4.81. The van der Waals surface area contributed by atoms with Crippen LogP contribution < -0.4 is 5.32 Å². The fraction of sp³-hybridized carbons (Fsp3) is 0.625. The Kier molecular flexibility index (Phi) is 3.40. The van der Waals surface area contributed by atoms with Gasteiger partial charge in [-0.1, -0.05) is 43.2 Å². The van der Waals surface area contributed by atoms with Crippen LogP contribution >= 0.6 is 0 Å². The number of rotatable bonds is 2. The van der Waals surface area contributed by atoms with E-state index in [9.17, 15) is 5.11 Å². The van der Waals surface area contributed by atoms with Crippen LogP contribution in [0.5, 0.6) is 0 Å². The van der Waals surface area contributed by atoms with Gasteiger partial charge in [0.05, 0.1) is 5.60 Å². The van der Waals surface area contributed by atoms with Gasteiger partial charge in [0.15, 0.2) is 0 Å². The lowest BCUT2D eigenvalue weighted by Crippen LogP contribution is -2.58. The summed E-state index contributed by atoms with van der Waals surface area (Å²) in [5, 5.41) is 14.4. The summed E-state index contributed by atoms with van der Waals surface area (Å²) in [6.45, 7) is 0.963. The summed E-state index contributed by atoms with van der Waals surface area (Å²) >= 11 is 0. The molecule has 0 spiro atoms. The van der Waals surface area contributed by atoms with Gasteiger partial charge in [-0.3, -0.25) is 0 Å². The highest BCUT2D eigenvalue weighted by Crippen LogP contribution is 2.41.